The maximum absolute atomic E-state index is 12.1. The van der Waals surface area contributed by atoms with Crippen LogP contribution in [0.25, 0.3) is 0 Å². The quantitative estimate of drug-likeness (QED) is 0.655. The highest BCUT2D eigenvalue weighted by molar-refractivity contribution is 9.10. The minimum Gasteiger partial charge on any atom is -0.496 e. The van der Waals surface area contributed by atoms with Gasteiger partial charge in [0.05, 0.1) is 11.6 Å². The first-order chi connectivity index (χ1) is 10.5. The third-order valence-corrected chi connectivity index (χ3v) is 3.88. The van der Waals surface area contributed by atoms with Gasteiger partial charge in [0, 0.05) is 6.54 Å². The fourth-order valence-corrected chi connectivity index (χ4v) is 2.53. The van der Waals surface area contributed by atoms with Gasteiger partial charge in [0.2, 0.25) is 12.3 Å². The molecule has 2 amide bonds. The molecule has 0 aliphatic carbocycles. The second kappa shape index (κ2) is 9.46. The van der Waals surface area contributed by atoms with Crippen LogP contribution in [-0.4, -0.2) is 32.0 Å². The first-order valence-corrected chi connectivity index (χ1v) is 8.07. The number of rotatable bonds is 9. The molecule has 0 saturated carbocycles. The number of amides is 2. The summed E-state index contributed by atoms with van der Waals surface area (Å²) in [6.07, 6.45) is 1.90. The van der Waals surface area contributed by atoms with Crippen molar-refractivity contribution in [3.63, 3.8) is 0 Å². The maximum Gasteiger partial charge on any atom is 0.242 e. The molecule has 0 radical (unpaired) electrons. The minimum absolute atomic E-state index is 0.148. The molecule has 1 aromatic carbocycles. The predicted octanol–water partition coefficient (Wildman–Crippen LogP) is 2.28. The van der Waals surface area contributed by atoms with E-state index in [9.17, 15) is 9.59 Å². The molecular formula is C16H23BrN2O3. The third-order valence-electron chi connectivity index (χ3n) is 3.22. The Hall–Kier alpha value is -1.56. The standard InChI is InChI=1S/C16H23BrN2O3/c1-11(2)8-14(19-10-20)16(21)18-7-6-12-4-5-13(17)15(9-12)22-3/h4-5,9-11,14H,6-8H2,1-3H3,(H,18,21)(H,19,20). The fraction of sp³-hybridized carbons (Fsp3) is 0.500. The van der Waals surface area contributed by atoms with Crippen LogP contribution in [0, 0.1) is 5.92 Å². The van der Waals surface area contributed by atoms with Crippen LogP contribution in [0.4, 0.5) is 0 Å². The number of methoxy groups -OCH3 is 1. The minimum atomic E-state index is -0.475. The van der Waals surface area contributed by atoms with Gasteiger partial charge in [0.25, 0.3) is 0 Å². The number of hydrogen-bond acceptors (Lipinski definition) is 3. The number of ether oxygens (including phenoxy) is 1. The molecule has 0 aliphatic rings. The van der Waals surface area contributed by atoms with E-state index in [2.05, 4.69) is 26.6 Å². The van der Waals surface area contributed by atoms with E-state index in [4.69, 9.17) is 4.74 Å². The van der Waals surface area contributed by atoms with Crippen LogP contribution in [0.5, 0.6) is 5.75 Å². The van der Waals surface area contributed by atoms with E-state index in [0.29, 0.717) is 31.7 Å². The Morgan fingerprint density at radius 3 is 2.73 bits per heavy atom. The molecule has 0 bridgehead atoms. The molecule has 22 heavy (non-hydrogen) atoms. The summed E-state index contributed by atoms with van der Waals surface area (Å²) in [7, 11) is 1.62. The lowest BCUT2D eigenvalue weighted by Gasteiger charge is -2.17. The molecule has 0 aromatic heterocycles. The zero-order valence-corrected chi connectivity index (χ0v) is 14.8. The van der Waals surface area contributed by atoms with Gasteiger partial charge in [0.15, 0.2) is 0 Å². The number of carbonyl (C=O) groups excluding carboxylic acids is 2. The predicted molar refractivity (Wildman–Crippen MR) is 89.9 cm³/mol. The Morgan fingerprint density at radius 2 is 2.14 bits per heavy atom. The van der Waals surface area contributed by atoms with Gasteiger partial charge < -0.3 is 15.4 Å². The van der Waals surface area contributed by atoms with Crippen LogP contribution in [0.15, 0.2) is 22.7 Å². The summed E-state index contributed by atoms with van der Waals surface area (Å²) in [6, 6.07) is 5.36. The van der Waals surface area contributed by atoms with Crippen molar-refractivity contribution in [2.75, 3.05) is 13.7 Å². The summed E-state index contributed by atoms with van der Waals surface area (Å²) in [5.41, 5.74) is 1.07. The van der Waals surface area contributed by atoms with Crippen molar-refractivity contribution >= 4 is 28.2 Å². The molecule has 0 fully saturated rings. The van der Waals surface area contributed by atoms with Crippen molar-refractivity contribution in [1.82, 2.24) is 10.6 Å². The van der Waals surface area contributed by atoms with E-state index >= 15 is 0 Å². The molecule has 0 saturated heterocycles. The zero-order valence-electron chi connectivity index (χ0n) is 13.2. The Bertz CT molecular complexity index is 506. The fourth-order valence-electron chi connectivity index (χ4n) is 2.12. The van der Waals surface area contributed by atoms with Gasteiger partial charge in [-0.2, -0.15) is 0 Å². The average Bonchev–Trinajstić information content (AvgIpc) is 2.48. The van der Waals surface area contributed by atoms with Crippen LogP contribution in [0.1, 0.15) is 25.8 Å². The molecule has 0 heterocycles. The second-order valence-electron chi connectivity index (χ2n) is 5.48. The smallest absolute Gasteiger partial charge is 0.242 e. The highest BCUT2D eigenvalue weighted by atomic mass is 79.9. The van der Waals surface area contributed by atoms with Gasteiger partial charge in [-0.15, -0.1) is 0 Å². The molecule has 6 heteroatoms. The SMILES string of the molecule is COc1cc(CCNC(=O)C(CC(C)C)NC=O)ccc1Br. The van der Waals surface area contributed by atoms with Crippen molar-refractivity contribution in [2.24, 2.45) is 5.92 Å². The summed E-state index contributed by atoms with van der Waals surface area (Å²) >= 11 is 3.41. The third kappa shape index (κ3) is 6.05. The molecule has 2 N–H and O–H groups in total. The van der Waals surface area contributed by atoms with E-state index in [1.54, 1.807) is 7.11 Å². The number of carbonyl (C=O) groups is 2. The van der Waals surface area contributed by atoms with Gasteiger partial charge in [-0.25, -0.2) is 0 Å². The van der Waals surface area contributed by atoms with Crippen molar-refractivity contribution in [3.8, 4) is 5.75 Å². The zero-order chi connectivity index (χ0) is 16.5. The van der Waals surface area contributed by atoms with Crippen LogP contribution >= 0.6 is 15.9 Å². The second-order valence-corrected chi connectivity index (χ2v) is 6.33. The van der Waals surface area contributed by atoms with Crippen LogP contribution < -0.4 is 15.4 Å². The van der Waals surface area contributed by atoms with Gasteiger partial charge in [-0.3, -0.25) is 9.59 Å². The lowest BCUT2D eigenvalue weighted by molar-refractivity contribution is -0.125. The normalized spacial score (nSPS) is 11.9. The van der Waals surface area contributed by atoms with Gasteiger partial charge in [-0.1, -0.05) is 19.9 Å². The Kier molecular flexibility index (Phi) is 7.95. The first kappa shape index (κ1) is 18.5. The van der Waals surface area contributed by atoms with E-state index in [1.165, 1.54) is 0 Å². The number of halogens is 1. The largest absolute Gasteiger partial charge is 0.496 e. The van der Waals surface area contributed by atoms with Crippen molar-refractivity contribution in [1.29, 1.82) is 0 Å². The van der Waals surface area contributed by atoms with Gasteiger partial charge in [0.1, 0.15) is 11.8 Å². The molecule has 5 nitrogen and oxygen atoms in total. The Labute approximate surface area is 139 Å². The van der Waals surface area contributed by atoms with Gasteiger partial charge >= 0.3 is 0 Å². The molecule has 122 valence electrons. The average molecular weight is 371 g/mol. The highest BCUT2D eigenvalue weighted by Crippen LogP contribution is 2.25. The van der Waals surface area contributed by atoms with Gasteiger partial charge in [-0.05, 0) is 52.4 Å². The summed E-state index contributed by atoms with van der Waals surface area (Å²) in [5.74, 6) is 0.952. The summed E-state index contributed by atoms with van der Waals surface area (Å²) < 4.78 is 6.14. The molecule has 0 aliphatic heterocycles. The Balaban J connectivity index is 2.51. The van der Waals surface area contributed by atoms with E-state index in [0.717, 1.165) is 15.8 Å². The molecular weight excluding hydrogens is 348 g/mol. The lowest BCUT2D eigenvalue weighted by atomic mass is 10.0. The van der Waals surface area contributed by atoms with Crippen LogP contribution in [-0.2, 0) is 16.0 Å². The Morgan fingerprint density at radius 1 is 1.41 bits per heavy atom. The number of hydrogen-bond donors (Lipinski definition) is 2. The van der Waals surface area contributed by atoms with E-state index in [-0.39, 0.29) is 5.91 Å². The molecule has 1 unspecified atom stereocenters. The topological polar surface area (TPSA) is 67.4 Å². The summed E-state index contributed by atoms with van der Waals surface area (Å²) in [4.78, 5) is 22.7. The number of benzene rings is 1. The van der Waals surface area contributed by atoms with Crippen molar-refractivity contribution in [3.05, 3.63) is 28.2 Å². The van der Waals surface area contributed by atoms with Crippen LogP contribution in [0.2, 0.25) is 0 Å². The van der Waals surface area contributed by atoms with E-state index < -0.39 is 6.04 Å². The lowest BCUT2D eigenvalue weighted by Crippen LogP contribution is -2.45. The van der Waals surface area contributed by atoms with E-state index in [1.807, 2.05) is 32.0 Å². The number of nitrogens with one attached hydrogen (secondary N) is 2. The molecule has 1 rings (SSSR count). The van der Waals surface area contributed by atoms with Crippen molar-refractivity contribution < 1.29 is 14.3 Å². The molecule has 0 spiro atoms. The highest BCUT2D eigenvalue weighted by Gasteiger charge is 2.18. The molecule has 1 atom stereocenters. The maximum atomic E-state index is 12.1. The summed E-state index contributed by atoms with van der Waals surface area (Å²) in [5, 5.41) is 5.43. The summed E-state index contributed by atoms with van der Waals surface area (Å²) in [6.45, 7) is 4.54. The molecule has 1 aromatic rings. The van der Waals surface area contributed by atoms with Crippen molar-refractivity contribution in [2.45, 2.75) is 32.7 Å². The first-order valence-electron chi connectivity index (χ1n) is 7.27. The van der Waals surface area contributed by atoms with Crippen LogP contribution in [0.3, 0.4) is 0 Å². The monoisotopic (exact) mass is 370 g/mol.